The number of esters is 1. The summed E-state index contributed by atoms with van der Waals surface area (Å²) in [4.78, 5) is 23.8. The first-order valence-corrected chi connectivity index (χ1v) is 9.15. The number of amides is 1. The Kier molecular flexibility index (Phi) is 7.67. The zero-order valence-electron chi connectivity index (χ0n) is 15.8. The topological polar surface area (TPSA) is 64.6 Å². The summed E-state index contributed by atoms with van der Waals surface area (Å²) >= 11 is 5.90. The Morgan fingerprint density at radius 3 is 2.41 bits per heavy atom. The Bertz CT molecular complexity index is 800. The maximum Gasteiger partial charge on any atom is 0.306 e. The van der Waals surface area contributed by atoms with Crippen LogP contribution in [0.2, 0.25) is 5.02 Å². The second kappa shape index (κ2) is 9.97. The van der Waals surface area contributed by atoms with Crippen LogP contribution >= 0.6 is 11.6 Å². The Morgan fingerprint density at radius 1 is 1.04 bits per heavy atom. The highest BCUT2D eigenvalue weighted by atomic mass is 35.5. The molecule has 0 radical (unpaired) electrons. The number of hydrogen-bond acceptors (Lipinski definition) is 4. The Hall–Kier alpha value is -2.53. The van der Waals surface area contributed by atoms with Crippen LogP contribution in [-0.4, -0.2) is 25.1 Å². The van der Waals surface area contributed by atoms with E-state index in [1.54, 1.807) is 12.1 Å². The number of anilines is 1. The number of benzene rings is 2. The van der Waals surface area contributed by atoms with Crippen LogP contribution in [0.5, 0.6) is 5.75 Å². The average Bonchev–Trinajstić information content (AvgIpc) is 2.61. The lowest BCUT2D eigenvalue weighted by molar-refractivity contribution is -0.147. The lowest BCUT2D eigenvalue weighted by atomic mass is 10.1. The lowest BCUT2D eigenvalue weighted by Crippen LogP contribution is -2.22. The number of carbonyl (C=O) groups excluding carboxylic acids is 2. The van der Waals surface area contributed by atoms with Gasteiger partial charge in [-0.15, -0.1) is 0 Å². The summed E-state index contributed by atoms with van der Waals surface area (Å²) in [5, 5.41) is 3.44. The van der Waals surface area contributed by atoms with Crippen molar-refractivity contribution in [1.29, 1.82) is 0 Å². The molecule has 144 valence electrons. The molecule has 1 amide bonds. The average molecular weight is 390 g/mol. The van der Waals surface area contributed by atoms with Crippen molar-refractivity contribution in [3.63, 3.8) is 0 Å². The van der Waals surface area contributed by atoms with Gasteiger partial charge in [-0.05, 0) is 62.1 Å². The fraction of sp³-hybridized carbons (Fsp3) is 0.333. The number of nitrogens with one attached hydrogen (secondary N) is 1. The maximum absolute atomic E-state index is 12.0. The highest BCUT2D eigenvalue weighted by Crippen LogP contribution is 2.22. The Balaban J connectivity index is 1.68. The zero-order chi connectivity index (χ0) is 19.8. The monoisotopic (exact) mass is 389 g/mol. The molecule has 0 heterocycles. The van der Waals surface area contributed by atoms with Gasteiger partial charge >= 0.3 is 5.97 Å². The number of rotatable bonds is 8. The van der Waals surface area contributed by atoms with Gasteiger partial charge < -0.3 is 14.8 Å². The van der Waals surface area contributed by atoms with Gasteiger partial charge in [0.1, 0.15) is 5.75 Å². The van der Waals surface area contributed by atoms with E-state index in [2.05, 4.69) is 5.32 Å². The third kappa shape index (κ3) is 6.61. The molecule has 27 heavy (non-hydrogen) atoms. The largest absolute Gasteiger partial charge is 0.493 e. The van der Waals surface area contributed by atoms with Crippen molar-refractivity contribution in [2.75, 3.05) is 18.5 Å². The molecule has 0 bridgehead atoms. The molecule has 0 atom stereocenters. The fourth-order valence-electron chi connectivity index (χ4n) is 2.58. The van der Waals surface area contributed by atoms with E-state index in [4.69, 9.17) is 21.1 Å². The minimum Gasteiger partial charge on any atom is -0.493 e. The minimum atomic E-state index is -0.428. The van der Waals surface area contributed by atoms with E-state index >= 15 is 0 Å². The van der Waals surface area contributed by atoms with Crippen molar-refractivity contribution >= 4 is 29.2 Å². The second-order valence-electron chi connectivity index (χ2n) is 6.34. The van der Waals surface area contributed by atoms with E-state index in [0.717, 1.165) is 28.1 Å². The van der Waals surface area contributed by atoms with Gasteiger partial charge in [0.25, 0.3) is 5.91 Å². The number of carbonyl (C=O) groups is 2. The van der Waals surface area contributed by atoms with Crippen LogP contribution in [0, 0.1) is 20.8 Å². The predicted molar refractivity (Wildman–Crippen MR) is 106 cm³/mol. The maximum atomic E-state index is 12.0. The molecule has 0 aliphatic rings. The normalized spacial score (nSPS) is 10.4. The lowest BCUT2D eigenvalue weighted by Gasteiger charge is -2.12. The predicted octanol–water partition coefficient (Wildman–Crippen LogP) is 4.61. The molecular weight excluding hydrogens is 366 g/mol. The quantitative estimate of drug-likeness (QED) is 0.529. The summed E-state index contributed by atoms with van der Waals surface area (Å²) in [6.45, 7) is 5.81. The molecule has 0 saturated carbocycles. The zero-order valence-corrected chi connectivity index (χ0v) is 16.6. The number of halogens is 1. The minimum absolute atomic E-state index is 0.184. The van der Waals surface area contributed by atoms with Crippen LogP contribution in [-0.2, 0) is 14.3 Å². The first kappa shape index (κ1) is 20.8. The summed E-state index contributed by atoms with van der Waals surface area (Å²) in [6.07, 6.45) is 0.683. The van der Waals surface area contributed by atoms with Crippen LogP contribution in [0.25, 0.3) is 0 Å². The Morgan fingerprint density at radius 2 is 1.74 bits per heavy atom. The van der Waals surface area contributed by atoms with Crippen molar-refractivity contribution in [3.05, 3.63) is 58.1 Å². The van der Waals surface area contributed by atoms with Crippen molar-refractivity contribution in [2.24, 2.45) is 0 Å². The first-order chi connectivity index (χ1) is 12.9. The molecule has 6 heteroatoms. The summed E-state index contributed by atoms with van der Waals surface area (Å²) in [6, 6.07) is 11.1. The number of aryl methyl sites for hydroxylation is 3. The van der Waals surface area contributed by atoms with Crippen LogP contribution in [0.3, 0.4) is 0 Å². The molecule has 5 nitrogen and oxygen atoms in total. The molecular formula is C21H24ClNO4. The molecule has 0 aromatic heterocycles. The Labute approximate surface area is 164 Å². The summed E-state index contributed by atoms with van der Waals surface area (Å²) in [5.41, 5.74) is 3.62. The van der Waals surface area contributed by atoms with Gasteiger partial charge in [0.05, 0.1) is 6.61 Å². The van der Waals surface area contributed by atoms with Gasteiger partial charge in [-0.2, -0.15) is 0 Å². The van der Waals surface area contributed by atoms with Gasteiger partial charge in [0, 0.05) is 17.1 Å². The highest BCUT2D eigenvalue weighted by molar-refractivity contribution is 6.30. The third-order valence-corrected chi connectivity index (χ3v) is 4.26. The first-order valence-electron chi connectivity index (χ1n) is 8.77. The van der Waals surface area contributed by atoms with Crippen LogP contribution in [0.15, 0.2) is 36.4 Å². The number of hydrogen-bond donors (Lipinski definition) is 1. The van der Waals surface area contributed by atoms with Crippen molar-refractivity contribution < 1.29 is 19.1 Å². The SMILES string of the molecule is Cc1cc(Cl)ccc1OCCCC(=O)OCC(=O)Nc1c(C)cccc1C. The molecule has 2 aromatic carbocycles. The highest BCUT2D eigenvalue weighted by Gasteiger charge is 2.10. The van der Waals surface area contributed by atoms with E-state index in [1.807, 2.05) is 45.0 Å². The summed E-state index contributed by atoms with van der Waals surface area (Å²) in [5.74, 6) is -0.0439. The second-order valence-corrected chi connectivity index (χ2v) is 6.77. The van der Waals surface area contributed by atoms with E-state index in [1.165, 1.54) is 0 Å². The molecule has 0 saturated heterocycles. The third-order valence-electron chi connectivity index (χ3n) is 4.03. The van der Waals surface area contributed by atoms with Gasteiger partial charge in [-0.25, -0.2) is 0 Å². The van der Waals surface area contributed by atoms with E-state index < -0.39 is 5.97 Å². The van der Waals surface area contributed by atoms with Crippen molar-refractivity contribution in [3.8, 4) is 5.75 Å². The van der Waals surface area contributed by atoms with Gasteiger partial charge in [0.2, 0.25) is 0 Å². The molecule has 0 spiro atoms. The van der Waals surface area contributed by atoms with E-state index in [0.29, 0.717) is 18.1 Å². The van der Waals surface area contributed by atoms with Crippen LogP contribution in [0.1, 0.15) is 29.5 Å². The van der Waals surface area contributed by atoms with Gasteiger partial charge in [-0.1, -0.05) is 29.8 Å². The standard InChI is InChI=1S/C21H24ClNO4/c1-14-6-4-7-15(2)21(14)23-19(24)13-27-20(25)8-5-11-26-18-10-9-17(22)12-16(18)3/h4,6-7,9-10,12H,5,8,11,13H2,1-3H3,(H,23,24). The smallest absolute Gasteiger partial charge is 0.306 e. The molecule has 0 unspecified atom stereocenters. The van der Waals surface area contributed by atoms with Gasteiger partial charge in [-0.3, -0.25) is 9.59 Å². The molecule has 2 aromatic rings. The van der Waals surface area contributed by atoms with Crippen molar-refractivity contribution in [1.82, 2.24) is 0 Å². The van der Waals surface area contributed by atoms with Crippen LogP contribution in [0.4, 0.5) is 5.69 Å². The molecule has 0 aliphatic heterocycles. The molecule has 2 rings (SSSR count). The van der Waals surface area contributed by atoms with E-state index in [9.17, 15) is 9.59 Å². The van der Waals surface area contributed by atoms with Crippen LogP contribution < -0.4 is 10.1 Å². The fourth-order valence-corrected chi connectivity index (χ4v) is 2.81. The molecule has 1 N–H and O–H groups in total. The van der Waals surface area contributed by atoms with Crippen molar-refractivity contribution in [2.45, 2.75) is 33.6 Å². The number of ether oxygens (including phenoxy) is 2. The molecule has 0 fully saturated rings. The molecule has 0 aliphatic carbocycles. The summed E-state index contributed by atoms with van der Waals surface area (Å²) in [7, 11) is 0. The number of para-hydroxylation sites is 1. The van der Waals surface area contributed by atoms with Gasteiger partial charge in [0.15, 0.2) is 6.61 Å². The summed E-state index contributed by atoms with van der Waals surface area (Å²) < 4.78 is 10.7. The van der Waals surface area contributed by atoms with E-state index in [-0.39, 0.29) is 18.9 Å².